The normalized spacial score (nSPS) is 10.0. The molecule has 2 rings (SSSR count). The van der Waals surface area contributed by atoms with Crippen LogP contribution in [0.1, 0.15) is 12.5 Å². The molecule has 2 aromatic rings. The highest BCUT2D eigenvalue weighted by atomic mass is 16.5. The van der Waals surface area contributed by atoms with Gasteiger partial charge in [-0.1, -0.05) is 0 Å². The van der Waals surface area contributed by atoms with Gasteiger partial charge in [-0.2, -0.15) is 5.26 Å². The van der Waals surface area contributed by atoms with Gasteiger partial charge in [-0.15, -0.1) is 0 Å². The van der Waals surface area contributed by atoms with Gasteiger partial charge in [-0.05, 0) is 6.92 Å². The van der Waals surface area contributed by atoms with Gasteiger partial charge >= 0.3 is 0 Å². The molecule has 0 aliphatic carbocycles. The quantitative estimate of drug-likeness (QED) is 0.780. The van der Waals surface area contributed by atoms with Gasteiger partial charge in [0.2, 0.25) is 0 Å². The van der Waals surface area contributed by atoms with Gasteiger partial charge < -0.3 is 9.72 Å². The molecule has 70 valence electrons. The highest BCUT2D eigenvalue weighted by Gasteiger charge is 2.08. The van der Waals surface area contributed by atoms with E-state index in [2.05, 4.69) is 16.0 Å². The zero-order valence-electron chi connectivity index (χ0n) is 7.74. The molecule has 0 spiro atoms. The lowest BCUT2D eigenvalue weighted by atomic mass is 10.3. The number of hydrogen-bond donors (Lipinski definition) is 1. The van der Waals surface area contributed by atoms with Crippen molar-refractivity contribution < 1.29 is 4.74 Å². The van der Waals surface area contributed by atoms with Gasteiger partial charge in [0.05, 0.1) is 12.2 Å². The Morgan fingerprint density at radius 1 is 1.64 bits per heavy atom. The SMILES string of the molecule is CCOc1ccnc2c(C#N)c[nH]c12. The van der Waals surface area contributed by atoms with Gasteiger partial charge in [-0.25, -0.2) is 0 Å². The molecule has 0 saturated carbocycles. The van der Waals surface area contributed by atoms with Crippen molar-refractivity contribution in [1.29, 1.82) is 5.26 Å². The van der Waals surface area contributed by atoms with Crippen LogP contribution in [0.4, 0.5) is 0 Å². The Hall–Kier alpha value is -2.02. The number of nitrogens with one attached hydrogen (secondary N) is 1. The van der Waals surface area contributed by atoms with Gasteiger partial charge in [-0.3, -0.25) is 4.98 Å². The fraction of sp³-hybridized carbons (Fsp3) is 0.200. The molecule has 0 unspecified atom stereocenters. The predicted molar refractivity (Wildman–Crippen MR) is 52.0 cm³/mol. The van der Waals surface area contributed by atoms with Crippen LogP contribution in [0.15, 0.2) is 18.5 Å². The molecule has 0 aromatic carbocycles. The van der Waals surface area contributed by atoms with Crippen LogP contribution in [0.2, 0.25) is 0 Å². The predicted octanol–water partition coefficient (Wildman–Crippen LogP) is 1.83. The van der Waals surface area contributed by atoms with Crippen LogP contribution in [0, 0.1) is 11.3 Å². The van der Waals surface area contributed by atoms with E-state index in [-0.39, 0.29) is 0 Å². The van der Waals surface area contributed by atoms with Crippen molar-refractivity contribution in [3.63, 3.8) is 0 Å². The zero-order chi connectivity index (χ0) is 9.97. The van der Waals surface area contributed by atoms with Crippen molar-refractivity contribution in [2.45, 2.75) is 6.92 Å². The Kier molecular flexibility index (Phi) is 2.07. The highest BCUT2D eigenvalue weighted by Crippen LogP contribution is 2.24. The molecule has 0 saturated heterocycles. The Morgan fingerprint density at radius 2 is 2.50 bits per heavy atom. The van der Waals surface area contributed by atoms with E-state index in [4.69, 9.17) is 10.00 Å². The minimum Gasteiger partial charge on any atom is -0.492 e. The molecule has 2 aromatic heterocycles. The first kappa shape index (κ1) is 8.57. The van der Waals surface area contributed by atoms with E-state index in [1.54, 1.807) is 18.5 Å². The van der Waals surface area contributed by atoms with E-state index < -0.39 is 0 Å². The largest absolute Gasteiger partial charge is 0.492 e. The smallest absolute Gasteiger partial charge is 0.146 e. The fourth-order valence-corrected chi connectivity index (χ4v) is 1.36. The minimum absolute atomic E-state index is 0.543. The maximum Gasteiger partial charge on any atom is 0.146 e. The summed E-state index contributed by atoms with van der Waals surface area (Å²) in [5.74, 6) is 0.735. The van der Waals surface area contributed by atoms with Crippen LogP contribution < -0.4 is 4.74 Å². The molecule has 0 radical (unpaired) electrons. The van der Waals surface area contributed by atoms with Crippen LogP contribution in [-0.2, 0) is 0 Å². The second-order valence-electron chi connectivity index (χ2n) is 2.78. The lowest BCUT2D eigenvalue weighted by molar-refractivity contribution is 0.343. The number of hydrogen-bond acceptors (Lipinski definition) is 3. The van der Waals surface area contributed by atoms with E-state index in [1.165, 1.54) is 0 Å². The highest BCUT2D eigenvalue weighted by molar-refractivity contribution is 5.86. The standard InChI is InChI=1S/C10H9N3O/c1-2-14-8-3-4-12-9-7(5-11)6-13-10(8)9/h3-4,6,13H,2H2,1H3. The maximum atomic E-state index is 8.79. The number of nitrogens with zero attached hydrogens (tertiary/aromatic N) is 2. The Bertz CT molecular complexity index is 496. The van der Waals surface area contributed by atoms with Crippen LogP contribution in [0.25, 0.3) is 11.0 Å². The third-order valence-electron chi connectivity index (χ3n) is 1.95. The van der Waals surface area contributed by atoms with E-state index in [0.717, 1.165) is 11.3 Å². The van der Waals surface area contributed by atoms with E-state index in [1.807, 2.05) is 6.92 Å². The number of aromatic amines is 1. The summed E-state index contributed by atoms with van der Waals surface area (Å²) in [6, 6.07) is 3.85. The van der Waals surface area contributed by atoms with Crippen LogP contribution in [0.3, 0.4) is 0 Å². The molecule has 0 bridgehead atoms. The molecule has 2 heterocycles. The maximum absolute atomic E-state index is 8.79. The molecule has 14 heavy (non-hydrogen) atoms. The molecule has 0 aliphatic heterocycles. The summed E-state index contributed by atoms with van der Waals surface area (Å²) in [5, 5.41) is 8.79. The Balaban J connectivity index is 2.65. The molecule has 4 heteroatoms. The first-order chi connectivity index (χ1) is 6.86. The lowest BCUT2D eigenvalue weighted by Crippen LogP contribution is -1.92. The third-order valence-corrected chi connectivity index (χ3v) is 1.95. The summed E-state index contributed by atoms with van der Waals surface area (Å²) in [5.41, 5.74) is 1.99. The first-order valence-corrected chi connectivity index (χ1v) is 4.35. The van der Waals surface area contributed by atoms with Crippen molar-refractivity contribution in [2.24, 2.45) is 0 Å². The molecule has 1 N–H and O–H groups in total. The van der Waals surface area contributed by atoms with Crippen molar-refractivity contribution in [3.8, 4) is 11.8 Å². The summed E-state index contributed by atoms with van der Waals surface area (Å²) >= 11 is 0. The summed E-state index contributed by atoms with van der Waals surface area (Å²) in [6.07, 6.45) is 3.28. The Morgan fingerprint density at radius 3 is 3.21 bits per heavy atom. The summed E-state index contributed by atoms with van der Waals surface area (Å²) < 4.78 is 5.40. The van der Waals surface area contributed by atoms with Crippen molar-refractivity contribution in [1.82, 2.24) is 9.97 Å². The van der Waals surface area contributed by atoms with Crippen molar-refractivity contribution in [3.05, 3.63) is 24.0 Å². The van der Waals surface area contributed by atoms with Crippen molar-refractivity contribution in [2.75, 3.05) is 6.61 Å². The lowest BCUT2D eigenvalue weighted by Gasteiger charge is -2.02. The van der Waals surface area contributed by atoms with Gasteiger partial charge in [0, 0.05) is 18.5 Å². The van der Waals surface area contributed by atoms with E-state index in [9.17, 15) is 0 Å². The topological polar surface area (TPSA) is 61.7 Å². The molecule has 0 aliphatic rings. The molecular weight excluding hydrogens is 178 g/mol. The number of nitriles is 1. The van der Waals surface area contributed by atoms with Crippen LogP contribution >= 0.6 is 0 Å². The summed E-state index contributed by atoms with van der Waals surface area (Å²) in [4.78, 5) is 7.10. The minimum atomic E-state index is 0.543. The van der Waals surface area contributed by atoms with Crippen LogP contribution in [0.5, 0.6) is 5.75 Å². The monoisotopic (exact) mass is 187 g/mol. The molecule has 0 atom stereocenters. The average molecular weight is 187 g/mol. The number of pyridine rings is 1. The number of aromatic nitrogens is 2. The first-order valence-electron chi connectivity index (χ1n) is 4.35. The fourth-order valence-electron chi connectivity index (χ4n) is 1.36. The van der Waals surface area contributed by atoms with Crippen molar-refractivity contribution >= 4 is 11.0 Å². The van der Waals surface area contributed by atoms with E-state index in [0.29, 0.717) is 17.7 Å². The number of rotatable bonds is 2. The molecular formula is C10H9N3O. The number of fused-ring (bicyclic) bond motifs is 1. The second kappa shape index (κ2) is 3.38. The second-order valence-corrected chi connectivity index (χ2v) is 2.78. The average Bonchev–Trinajstić information content (AvgIpc) is 2.62. The number of ether oxygens (including phenoxy) is 1. The third kappa shape index (κ3) is 1.19. The van der Waals surface area contributed by atoms with Gasteiger partial charge in [0.15, 0.2) is 0 Å². The summed E-state index contributed by atoms with van der Waals surface area (Å²) in [7, 11) is 0. The zero-order valence-corrected chi connectivity index (χ0v) is 7.74. The van der Waals surface area contributed by atoms with Gasteiger partial charge in [0.25, 0.3) is 0 Å². The number of H-pyrrole nitrogens is 1. The van der Waals surface area contributed by atoms with Crippen LogP contribution in [-0.4, -0.2) is 16.6 Å². The summed E-state index contributed by atoms with van der Waals surface area (Å²) in [6.45, 7) is 2.51. The Labute approximate surface area is 81.1 Å². The molecule has 0 amide bonds. The van der Waals surface area contributed by atoms with E-state index >= 15 is 0 Å². The molecule has 0 fully saturated rings. The van der Waals surface area contributed by atoms with Gasteiger partial charge in [0.1, 0.15) is 22.9 Å². The molecule has 4 nitrogen and oxygen atoms in total.